The Labute approximate surface area is 142 Å². The minimum absolute atomic E-state index is 0.0648. The van der Waals surface area contributed by atoms with Crippen LogP contribution in [0.1, 0.15) is 50.9 Å². The van der Waals surface area contributed by atoms with E-state index in [0.29, 0.717) is 6.42 Å². The summed E-state index contributed by atoms with van der Waals surface area (Å²) >= 11 is 0. The molecule has 0 aliphatic carbocycles. The molecule has 1 aliphatic rings. The highest BCUT2D eigenvalue weighted by molar-refractivity contribution is 5.76. The lowest BCUT2D eigenvalue weighted by molar-refractivity contribution is -0.122. The molecule has 2 atom stereocenters. The molecule has 5 nitrogen and oxygen atoms in total. The van der Waals surface area contributed by atoms with Gasteiger partial charge in [0.15, 0.2) is 0 Å². The Morgan fingerprint density at radius 3 is 2.96 bits per heavy atom. The number of H-pyrrole nitrogens is 1. The molecule has 0 unspecified atom stereocenters. The van der Waals surface area contributed by atoms with E-state index in [4.69, 9.17) is 4.74 Å². The molecule has 1 aliphatic heterocycles. The van der Waals surface area contributed by atoms with Gasteiger partial charge in [-0.1, -0.05) is 37.3 Å². The number of imidazole rings is 1. The molecule has 1 fully saturated rings. The highest BCUT2D eigenvalue weighted by Crippen LogP contribution is 2.21. The van der Waals surface area contributed by atoms with Gasteiger partial charge in [0, 0.05) is 13.0 Å². The number of rotatable bonds is 7. The number of hydrogen-bond donors (Lipinski definition) is 2. The molecule has 128 valence electrons. The van der Waals surface area contributed by atoms with Gasteiger partial charge in [-0.15, -0.1) is 0 Å². The quantitative estimate of drug-likeness (QED) is 0.816. The minimum atomic E-state index is -0.0838. The zero-order valence-corrected chi connectivity index (χ0v) is 14.1. The van der Waals surface area contributed by atoms with E-state index in [1.165, 1.54) is 0 Å². The Morgan fingerprint density at radius 1 is 1.42 bits per heavy atom. The second-order valence-electron chi connectivity index (χ2n) is 6.25. The molecule has 0 bridgehead atoms. The molecule has 1 saturated heterocycles. The van der Waals surface area contributed by atoms with Gasteiger partial charge in [0.05, 0.1) is 24.0 Å². The summed E-state index contributed by atoms with van der Waals surface area (Å²) in [6.45, 7) is 2.88. The Balaban J connectivity index is 1.57. The van der Waals surface area contributed by atoms with Crippen molar-refractivity contribution < 1.29 is 9.53 Å². The average molecular weight is 327 g/mol. The third-order valence-corrected chi connectivity index (χ3v) is 4.47. The maximum atomic E-state index is 12.2. The van der Waals surface area contributed by atoms with Crippen molar-refractivity contribution in [2.75, 3.05) is 6.61 Å². The minimum Gasteiger partial charge on any atom is -0.378 e. The van der Waals surface area contributed by atoms with Crippen molar-refractivity contribution in [1.82, 2.24) is 15.3 Å². The zero-order valence-electron chi connectivity index (χ0n) is 14.1. The summed E-state index contributed by atoms with van der Waals surface area (Å²) in [6.07, 6.45) is 6.37. The number of carbonyl (C=O) groups is 1. The van der Waals surface area contributed by atoms with Gasteiger partial charge in [-0.05, 0) is 31.2 Å². The molecule has 2 aromatic rings. The van der Waals surface area contributed by atoms with E-state index in [9.17, 15) is 4.79 Å². The molecule has 0 spiro atoms. The first-order valence-corrected chi connectivity index (χ1v) is 8.77. The van der Waals surface area contributed by atoms with Crippen LogP contribution < -0.4 is 5.32 Å². The lowest BCUT2D eigenvalue weighted by atomic mass is 10.1. The predicted octanol–water partition coefficient (Wildman–Crippen LogP) is 3.60. The van der Waals surface area contributed by atoms with E-state index in [1.807, 2.05) is 36.5 Å². The predicted molar refractivity (Wildman–Crippen MR) is 93.4 cm³/mol. The number of carbonyl (C=O) groups excluding carboxylic acids is 1. The molecule has 1 aromatic carbocycles. The number of amides is 1. The number of aromatic amines is 1. The van der Waals surface area contributed by atoms with Crippen molar-refractivity contribution >= 4 is 5.91 Å². The molecule has 1 amide bonds. The number of hydrogen-bond acceptors (Lipinski definition) is 3. The Bertz CT molecular complexity index is 648. The van der Waals surface area contributed by atoms with Crippen LogP contribution in [0.15, 0.2) is 36.5 Å². The number of benzene rings is 1. The molecule has 24 heavy (non-hydrogen) atoms. The van der Waals surface area contributed by atoms with E-state index in [0.717, 1.165) is 49.4 Å². The van der Waals surface area contributed by atoms with Crippen LogP contribution in [0.2, 0.25) is 0 Å². The first-order valence-electron chi connectivity index (χ1n) is 8.77. The standard InChI is InChI=1S/C19H25N3O2/c1-2-16(21-18(23)11-10-15-9-6-12-24-15)19-20-13-17(22-19)14-7-4-3-5-8-14/h3-5,7-8,13,15-16H,2,6,9-12H2,1H3,(H,20,22)(H,21,23)/t15-,16-/m1/s1. The normalized spacial score (nSPS) is 18.5. The largest absolute Gasteiger partial charge is 0.378 e. The van der Waals surface area contributed by atoms with Crippen LogP contribution in [0.4, 0.5) is 0 Å². The summed E-state index contributed by atoms with van der Waals surface area (Å²) in [7, 11) is 0. The summed E-state index contributed by atoms with van der Waals surface area (Å²) in [5.74, 6) is 0.872. The zero-order chi connectivity index (χ0) is 16.8. The highest BCUT2D eigenvalue weighted by atomic mass is 16.5. The molecule has 5 heteroatoms. The number of nitrogens with zero attached hydrogens (tertiary/aromatic N) is 1. The Hall–Kier alpha value is -2.14. The van der Waals surface area contributed by atoms with Crippen molar-refractivity contribution in [3.63, 3.8) is 0 Å². The van der Waals surface area contributed by atoms with E-state index < -0.39 is 0 Å². The molecule has 3 rings (SSSR count). The van der Waals surface area contributed by atoms with Gasteiger partial charge >= 0.3 is 0 Å². The van der Waals surface area contributed by atoms with Crippen molar-refractivity contribution in [3.05, 3.63) is 42.4 Å². The lowest BCUT2D eigenvalue weighted by Gasteiger charge is -2.15. The third kappa shape index (κ3) is 4.23. The molecule has 0 radical (unpaired) electrons. The van der Waals surface area contributed by atoms with E-state index >= 15 is 0 Å². The molecule has 2 heterocycles. The SMILES string of the molecule is CC[C@@H](NC(=O)CC[C@H]1CCCO1)c1ncc(-c2ccccc2)[nH]1. The molecule has 2 N–H and O–H groups in total. The monoisotopic (exact) mass is 327 g/mol. The number of aromatic nitrogens is 2. The first-order chi connectivity index (χ1) is 11.8. The van der Waals surface area contributed by atoms with Crippen LogP contribution in [0.3, 0.4) is 0 Å². The topological polar surface area (TPSA) is 67.0 Å². The summed E-state index contributed by atoms with van der Waals surface area (Å²) in [6, 6.07) is 9.99. The first kappa shape index (κ1) is 16.7. The van der Waals surface area contributed by atoms with Crippen LogP contribution in [0.5, 0.6) is 0 Å². The Kier molecular flexibility index (Phi) is 5.64. The van der Waals surface area contributed by atoms with Crippen LogP contribution in [0.25, 0.3) is 11.3 Å². The fraction of sp³-hybridized carbons (Fsp3) is 0.474. The van der Waals surface area contributed by atoms with Gasteiger partial charge in [-0.3, -0.25) is 4.79 Å². The van der Waals surface area contributed by atoms with Crippen LogP contribution in [-0.4, -0.2) is 28.6 Å². The maximum absolute atomic E-state index is 12.2. The van der Waals surface area contributed by atoms with E-state index in [-0.39, 0.29) is 18.1 Å². The van der Waals surface area contributed by atoms with Crippen molar-refractivity contribution in [1.29, 1.82) is 0 Å². The number of ether oxygens (including phenoxy) is 1. The van der Waals surface area contributed by atoms with Crippen molar-refractivity contribution in [3.8, 4) is 11.3 Å². The summed E-state index contributed by atoms with van der Waals surface area (Å²) in [5.41, 5.74) is 2.06. The molecule has 1 aromatic heterocycles. The van der Waals surface area contributed by atoms with Gasteiger partial charge < -0.3 is 15.0 Å². The molecular weight excluding hydrogens is 302 g/mol. The van der Waals surface area contributed by atoms with Crippen molar-refractivity contribution in [2.24, 2.45) is 0 Å². The molecule has 0 saturated carbocycles. The highest BCUT2D eigenvalue weighted by Gasteiger charge is 2.19. The lowest BCUT2D eigenvalue weighted by Crippen LogP contribution is -2.29. The van der Waals surface area contributed by atoms with E-state index in [2.05, 4.69) is 22.2 Å². The fourth-order valence-corrected chi connectivity index (χ4v) is 3.07. The van der Waals surface area contributed by atoms with Crippen LogP contribution >= 0.6 is 0 Å². The average Bonchev–Trinajstić information content (AvgIpc) is 3.30. The van der Waals surface area contributed by atoms with Crippen molar-refractivity contribution in [2.45, 2.75) is 51.2 Å². The van der Waals surface area contributed by atoms with Gasteiger partial charge in [0.2, 0.25) is 5.91 Å². The van der Waals surface area contributed by atoms with Gasteiger partial charge in [-0.2, -0.15) is 0 Å². The third-order valence-electron chi connectivity index (χ3n) is 4.47. The fourth-order valence-electron chi connectivity index (χ4n) is 3.07. The second kappa shape index (κ2) is 8.11. The summed E-state index contributed by atoms with van der Waals surface area (Å²) in [5, 5.41) is 3.08. The summed E-state index contributed by atoms with van der Waals surface area (Å²) in [4.78, 5) is 20.0. The van der Waals surface area contributed by atoms with Gasteiger partial charge in [-0.25, -0.2) is 4.98 Å². The smallest absolute Gasteiger partial charge is 0.220 e. The van der Waals surface area contributed by atoms with Gasteiger partial charge in [0.1, 0.15) is 5.82 Å². The Morgan fingerprint density at radius 2 is 2.25 bits per heavy atom. The number of nitrogens with one attached hydrogen (secondary N) is 2. The second-order valence-corrected chi connectivity index (χ2v) is 6.25. The molecular formula is C19H25N3O2. The summed E-state index contributed by atoms with van der Waals surface area (Å²) < 4.78 is 5.57. The van der Waals surface area contributed by atoms with Gasteiger partial charge in [0.25, 0.3) is 0 Å². The maximum Gasteiger partial charge on any atom is 0.220 e. The van der Waals surface area contributed by atoms with Crippen LogP contribution in [-0.2, 0) is 9.53 Å². The van der Waals surface area contributed by atoms with E-state index in [1.54, 1.807) is 0 Å². The van der Waals surface area contributed by atoms with Crippen LogP contribution in [0, 0.1) is 0 Å².